The molecule has 1 aliphatic carbocycles. The lowest BCUT2D eigenvalue weighted by Crippen LogP contribution is -2.51. The van der Waals surface area contributed by atoms with Crippen molar-refractivity contribution in [3.8, 4) is 0 Å². The third-order valence-corrected chi connectivity index (χ3v) is 5.55. The summed E-state index contributed by atoms with van der Waals surface area (Å²) in [5.41, 5.74) is 0. The maximum Gasteiger partial charge on any atom is 0.318 e. The largest absolute Gasteiger partial charge is 0.337 e. The number of aromatic nitrogens is 2. The summed E-state index contributed by atoms with van der Waals surface area (Å²) in [4.78, 5) is 21.2. The minimum absolute atomic E-state index is 0.0449. The summed E-state index contributed by atoms with van der Waals surface area (Å²) in [6.45, 7) is 3.48. The molecule has 0 aromatic carbocycles. The van der Waals surface area contributed by atoms with Gasteiger partial charge in [0.05, 0.1) is 0 Å². The Morgan fingerprint density at radius 1 is 1.24 bits per heavy atom. The van der Waals surface area contributed by atoms with Crippen LogP contribution in [0.4, 0.5) is 4.79 Å². The summed E-state index contributed by atoms with van der Waals surface area (Å²) >= 11 is 0. The van der Waals surface area contributed by atoms with Crippen LogP contribution in [-0.2, 0) is 0 Å². The third kappa shape index (κ3) is 4.51. The number of hydrogen-bond donors (Lipinski definition) is 1. The molecule has 2 unspecified atom stereocenters. The molecule has 1 saturated carbocycles. The molecule has 3 rings (SSSR count). The summed E-state index contributed by atoms with van der Waals surface area (Å²) in [5.74, 6) is 1.73. The Morgan fingerprint density at radius 3 is 2.72 bits per heavy atom. The molecule has 0 bridgehead atoms. The highest BCUT2D eigenvalue weighted by molar-refractivity contribution is 5.74. The number of carbonyl (C=O) groups is 1. The predicted molar refractivity (Wildman–Crippen MR) is 95.4 cm³/mol. The molecule has 1 aromatic rings. The van der Waals surface area contributed by atoms with E-state index in [0.29, 0.717) is 17.9 Å². The molecule has 1 aromatic heterocycles. The first-order valence-corrected chi connectivity index (χ1v) is 9.60. The first-order chi connectivity index (χ1) is 12.0. The van der Waals surface area contributed by atoms with Crippen LogP contribution in [0.25, 0.3) is 0 Å². The van der Waals surface area contributed by atoms with Crippen molar-refractivity contribution in [3.05, 3.63) is 11.7 Å². The van der Waals surface area contributed by atoms with Gasteiger partial charge in [-0.25, -0.2) is 4.79 Å². The highest BCUT2D eigenvalue weighted by atomic mass is 16.5. The maximum absolute atomic E-state index is 12.6. The molecule has 2 aliphatic rings. The van der Waals surface area contributed by atoms with E-state index in [-0.39, 0.29) is 12.1 Å². The van der Waals surface area contributed by atoms with Crippen LogP contribution in [0.15, 0.2) is 4.52 Å². The Labute approximate surface area is 150 Å². The summed E-state index contributed by atoms with van der Waals surface area (Å²) in [6.07, 6.45) is 8.24. The zero-order valence-corrected chi connectivity index (χ0v) is 15.7. The van der Waals surface area contributed by atoms with Crippen LogP contribution < -0.4 is 5.32 Å². The summed E-state index contributed by atoms with van der Waals surface area (Å²) in [7, 11) is 4.14. The first-order valence-electron chi connectivity index (χ1n) is 9.60. The van der Waals surface area contributed by atoms with Gasteiger partial charge < -0.3 is 19.6 Å². The number of likely N-dealkylation sites (N-methyl/N-ethyl adjacent to an activating group) is 1. The molecule has 2 heterocycles. The quantitative estimate of drug-likeness (QED) is 0.905. The van der Waals surface area contributed by atoms with Gasteiger partial charge in [0, 0.05) is 25.0 Å². The number of nitrogens with one attached hydrogen (secondary N) is 1. The zero-order valence-electron chi connectivity index (χ0n) is 15.7. The number of urea groups is 1. The lowest BCUT2D eigenvalue weighted by atomic mass is 9.89. The van der Waals surface area contributed by atoms with Crippen molar-refractivity contribution < 1.29 is 9.32 Å². The molecular weight excluding hydrogens is 318 g/mol. The van der Waals surface area contributed by atoms with E-state index in [2.05, 4.69) is 34.5 Å². The summed E-state index contributed by atoms with van der Waals surface area (Å²) in [5, 5.41) is 7.17. The molecular formula is C18H31N5O2. The number of rotatable bonds is 4. The van der Waals surface area contributed by atoms with Gasteiger partial charge in [-0.15, -0.1) is 0 Å². The first kappa shape index (κ1) is 18.2. The molecule has 2 amide bonds. The Bertz CT molecular complexity index is 568. The van der Waals surface area contributed by atoms with Crippen molar-refractivity contribution >= 4 is 6.03 Å². The lowest BCUT2D eigenvalue weighted by Gasteiger charge is -2.36. The van der Waals surface area contributed by atoms with Crippen LogP contribution >= 0.6 is 0 Å². The second-order valence-corrected chi connectivity index (χ2v) is 7.70. The highest BCUT2D eigenvalue weighted by Crippen LogP contribution is 2.31. The molecule has 2 fully saturated rings. The van der Waals surface area contributed by atoms with E-state index >= 15 is 0 Å². The molecule has 25 heavy (non-hydrogen) atoms. The SMILES string of the molecule is CC(NC(=O)N1CCCC(N(C)C)C1)c1nc(C2CCCCC2)no1. The smallest absolute Gasteiger partial charge is 0.318 e. The van der Waals surface area contributed by atoms with Gasteiger partial charge in [0.25, 0.3) is 0 Å². The van der Waals surface area contributed by atoms with E-state index in [4.69, 9.17) is 4.52 Å². The van der Waals surface area contributed by atoms with Crippen LogP contribution in [0, 0.1) is 0 Å². The summed E-state index contributed by atoms with van der Waals surface area (Å²) < 4.78 is 5.42. The van der Waals surface area contributed by atoms with E-state index in [0.717, 1.165) is 44.6 Å². The van der Waals surface area contributed by atoms with Crippen LogP contribution in [0.2, 0.25) is 0 Å². The van der Waals surface area contributed by atoms with Gasteiger partial charge in [-0.2, -0.15) is 4.98 Å². The van der Waals surface area contributed by atoms with Gasteiger partial charge in [0.1, 0.15) is 6.04 Å². The van der Waals surface area contributed by atoms with Crippen LogP contribution in [-0.4, -0.2) is 59.2 Å². The molecule has 2 atom stereocenters. The molecule has 7 heteroatoms. The molecule has 1 aliphatic heterocycles. The summed E-state index contributed by atoms with van der Waals surface area (Å²) in [6, 6.07) is 0.115. The number of hydrogen-bond acceptors (Lipinski definition) is 5. The molecule has 0 radical (unpaired) electrons. The fraction of sp³-hybridized carbons (Fsp3) is 0.833. The Balaban J connectivity index is 1.55. The fourth-order valence-corrected chi connectivity index (χ4v) is 3.85. The van der Waals surface area contributed by atoms with Gasteiger partial charge in [-0.05, 0) is 46.7 Å². The normalized spacial score (nSPS) is 23.7. The van der Waals surface area contributed by atoms with E-state index in [1.807, 2.05) is 11.8 Å². The van der Waals surface area contributed by atoms with E-state index in [1.54, 1.807) is 0 Å². The van der Waals surface area contributed by atoms with Crippen molar-refractivity contribution in [3.63, 3.8) is 0 Å². The lowest BCUT2D eigenvalue weighted by molar-refractivity contribution is 0.137. The monoisotopic (exact) mass is 349 g/mol. The minimum atomic E-state index is -0.267. The molecule has 7 nitrogen and oxygen atoms in total. The van der Waals surface area contributed by atoms with Gasteiger partial charge in [0.15, 0.2) is 5.82 Å². The second kappa shape index (κ2) is 8.17. The highest BCUT2D eigenvalue weighted by Gasteiger charge is 2.27. The second-order valence-electron chi connectivity index (χ2n) is 7.70. The number of carbonyl (C=O) groups excluding carboxylic acids is 1. The fourth-order valence-electron chi connectivity index (χ4n) is 3.85. The van der Waals surface area contributed by atoms with E-state index in [1.165, 1.54) is 19.3 Å². The van der Waals surface area contributed by atoms with Gasteiger partial charge in [-0.1, -0.05) is 24.4 Å². The van der Waals surface area contributed by atoms with Crippen molar-refractivity contribution in [2.75, 3.05) is 27.2 Å². The maximum atomic E-state index is 12.6. The molecule has 1 N–H and O–H groups in total. The minimum Gasteiger partial charge on any atom is -0.337 e. The van der Waals surface area contributed by atoms with Gasteiger partial charge >= 0.3 is 6.03 Å². The average molecular weight is 349 g/mol. The Hall–Kier alpha value is -1.63. The Kier molecular flexibility index (Phi) is 5.93. The number of nitrogens with zero attached hydrogens (tertiary/aromatic N) is 4. The zero-order chi connectivity index (χ0) is 17.8. The number of amides is 2. The average Bonchev–Trinajstić information content (AvgIpc) is 3.13. The molecule has 0 spiro atoms. The molecule has 140 valence electrons. The topological polar surface area (TPSA) is 74.5 Å². The van der Waals surface area contributed by atoms with Crippen molar-refractivity contribution in [2.45, 2.75) is 69.9 Å². The number of likely N-dealkylation sites (tertiary alicyclic amines) is 1. The van der Waals surface area contributed by atoms with Crippen molar-refractivity contribution in [1.29, 1.82) is 0 Å². The van der Waals surface area contributed by atoms with E-state index in [9.17, 15) is 4.79 Å². The van der Waals surface area contributed by atoms with Gasteiger partial charge in [0.2, 0.25) is 5.89 Å². The molecule has 1 saturated heterocycles. The Morgan fingerprint density at radius 2 is 2.00 bits per heavy atom. The van der Waals surface area contributed by atoms with Crippen LogP contribution in [0.5, 0.6) is 0 Å². The number of piperidine rings is 1. The van der Waals surface area contributed by atoms with Crippen LogP contribution in [0.3, 0.4) is 0 Å². The predicted octanol–water partition coefficient (Wildman–Crippen LogP) is 2.91. The van der Waals surface area contributed by atoms with Crippen molar-refractivity contribution in [1.82, 2.24) is 25.3 Å². The van der Waals surface area contributed by atoms with Crippen molar-refractivity contribution in [2.24, 2.45) is 0 Å². The van der Waals surface area contributed by atoms with Gasteiger partial charge in [-0.3, -0.25) is 0 Å². The standard InChI is InChI=1S/C18H31N5O2/c1-13(17-20-16(21-25-17)14-8-5-4-6-9-14)19-18(24)23-11-7-10-15(12-23)22(2)3/h13-15H,4-12H2,1-3H3,(H,19,24). The third-order valence-electron chi connectivity index (χ3n) is 5.55. The van der Waals surface area contributed by atoms with Crippen LogP contribution in [0.1, 0.15) is 75.5 Å². The van der Waals surface area contributed by atoms with E-state index < -0.39 is 0 Å².